The summed E-state index contributed by atoms with van der Waals surface area (Å²) in [5.41, 5.74) is 0.936. The minimum atomic E-state index is -0.782. The van der Waals surface area contributed by atoms with Crippen LogP contribution in [0.5, 0.6) is 5.75 Å². The van der Waals surface area contributed by atoms with Crippen LogP contribution in [-0.4, -0.2) is 35.5 Å². The Morgan fingerprint density at radius 3 is 2.68 bits per heavy atom. The Hall–Kier alpha value is -2.63. The lowest BCUT2D eigenvalue weighted by molar-refractivity contribution is -0.110. The number of anilines is 1. The number of benzene rings is 1. The molecule has 114 valence electrons. The molecule has 0 bridgehead atoms. The molecule has 2 heterocycles. The van der Waals surface area contributed by atoms with E-state index in [2.05, 4.69) is 20.2 Å². The predicted molar refractivity (Wildman–Crippen MR) is 82.7 cm³/mol. The average Bonchev–Trinajstić information content (AvgIpc) is 2.51. The maximum absolute atomic E-state index is 10.8. The van der Waals surface area contributed by atoms with Crippen molar-refractivity contribution in [3.63, 3.8) is 0 Å². The van der Waals surface area contributed by atoms with Crippen molar-refractivity contribution in [2.24, 2.45) is 0 Å². The minimum absolute atomic E-state index is 0.120. The lowest BCUT2D eigenvalue weighted by Crippen LogP contribution is -2.54. The molecule has 1 aliphatic rings. The van der Waals surface area contributed by atoms with Crippen LogP contribution in [0.3, 0.4) is 0 Å². The van der Waals surface area contributed by atoms with Gasteiger partial charge in [-0.2, -0.15) is 0 Å². The lowest BCUT2D eigenvalue weighted by atomic mass is 10.1. The summed E-state index contributed by atoms with van der Waals surface area (Å²) in [5.74, 6) is 1.51. The van der Waals surface area contributed by atoms with Crippen LogP contribution >= 0.6 is 0 Å². The number of hydrogen-bond acceptors (Lipinski definition) is 5. The highest BCUT2D eigenvalue weighted by Crippen LogP contribution is 2.22. The van der Waals surface area contributed by atoms with Gasteiger partial charge < -0.3 is 15.0 Å². The Morgan fingerprint density at radius 1 is 1.36 bits per heavy atom. The molecule has 1 saturated heterocycles. The van der Waals surface area contributed by atoms with Crippen molar-refractivity contribution < 1.29 is 10.9 Å². The predicted octanol–water partition coefficient (Wildman–Crippen LogP) is 1.55. The van der Waals surface area contributed by atoms with Crippen molar-refractivity contribution in [2.75, 3.05) is 18.0 Å². The number of nitrogens with one attached hydrogen (secondary N) is 1. The van der Waals surface area contributed by atoms with Crippen LogP contribution in [0, 0.1) is 0 Å². The molecule has 6 heteroatoms. The van der Waals surface area contributed by atoms with Gasteiger partial charge in [0.25, 0.3) is 0 Å². The van der Waals surface area contributed by atoms with Gasteiger partial charge in [0, 0.05) is 12.4 Å². The van der Waals surface area contributed by atoms with Crippen LogP contribution in [0.2, 0.25) is 0 Å². The van der Waals surface area contributed by atoms with Crippen LogP contribution in [0.25, 0.3) is 0 Å². The summed E-state index contributed by atoms with van der Waals surface area (Å²) in [6.07, 6.45) is 2.79. The number of hydrogen-bond donors (Lipinski definition) is 1. The zero-order chi connectivity index (χ0) is 16.2. The van der Waals surface area contributed by atoms with E-state index < -0.39 is 6.39 Å². The maximum Gasteiger partial charge on any atom is 0.225 e. The van der Waals surface area contributed by atoms with Crippen LogP contribution < -0.4 is 15.0 Å². The van der Waals surface area contributed by atoms with Crippen LogP contribution in [0.4, 0.5) is 5.95 Å². The second-order valence-corrected chi connectivity index (χ2v) is 5.23. The largest absolute Gasteiger partial charge is 0.487 e. The van der Waals surface area contributed by atoms with Gasteiger partial charge in [-0.3, -0.25) is 4.79 Å². The Labute approximate surface area is 130 Å². The van der Waals surface area contributed by atoms with Crippen LogP contribution in [0.15, 0.2) is 42.7 Å². The number of rotatable bonds is 5. The number of nitrogens with zero attached hydrogens (tertiary/aromatic N) is 3. The van der Waals surface area contributed by atoms with Crippen molar-refractivity contribution in [1.82, 2.24) is 15.3 Å². The highest BCUT2D eigenvalue weighted by molar-refractivity contribution is 5.47. The Morgan fingerprint density at radius 2 is 2.05 bits per heavy atom. The normalized spacial score (nSPS) is 16.4. The molecule has 1 amide bonds. The highest BCUT2D eigenvalue weighted by Gasteiger charge is 2.30. The molecule has 1 N–H and O–H groups in total. The number of carbonyl (C=O) groups is 1. The van der Waals surface area contributed by atoms with Gasteiger partial charge in [0.1, 0.15) is 13.2 Å². The Kier molecular flexibility index (Phi) is 3.81. The Balaban J connectivity index is 1.51. The third-order valence-electron chi connectivity index (χ3n) is 3.64. The smallest absolute Gasteiger partial charge is 0.225 e. The Bertz CT molecular complexity index is 660. The van der Waals surface area contributed by atoms with E-state index in [1.54, 1.807) is 18.5 Å². The molecule has 1 aromatic carbocycles. The van der Waals surface area contributed by atoms with Gasteiger partial charge in [-0.1, -0.05) is 12.1 Å². The van der Waals surface area contributed by atoms with Gasteiger partial charge in [0.2, 0.25) is 12.3 Å². The topological polar surface area (TPSA) is 67.3 Å². The molecule has 6 nitrogen and oxygen atoms in total. The molecule has 2 aromatic rings. The van der Waals surface area contributed by atoms with E-state index in [4.69, 9.17) is 6.11 Å². The molecule has 1 aliphatic heterocycles. The van der Waals surface area contributed by atoms with Gasteiger partial charge in [0.15, 0.2) is 0 Å². The molecule has 0 spiro atoms. The van der Waals surface area contributed by atoms with Gasteiger partial charge in [-0.05, 0) is 30.7 Å². The number of aromatic nitrogens is 2. The number of ether oxygens (including phenoxy) is 1. The van der Waals surface area contributed by atoms with Crippen LogP contribution in [-0.2, 0) is 4.79 Å². The molecule has 1 atom stereocenters. The average molecular weight is 300 g/mol. The lowest BCUT2D eigenvalue weighted by Gasteiger charge is -2.38. The maximum atomic E-state index is 10.8. The summed E-state index contributed by atoms with van der Waals surface area (Å²) >= 11 is 0. The first-order chi connectivity index (χ1) is 11.1. The van der Waals surface area contributed by atoms with Gasteiger partial charge >= 0.3 is 0 Å². The molecule has 3 rings (SSSR count). The standard InChI is InChI=1S/C16H18N4O2/c1-12(19-11-21)13-3-5-14(6-4-13)22-15-9-20(10-15)16-17-7-2-8-18-16/h2-8,11-12,15H,9-10H2,1H3,(H,19,21)/i11T. The van der Waals surface area contributed by atoms with E-state index in [1.807, 2.05) is 31.2 Å². The van der Waals surface area contributed by atoms with E-state index in [0.29, 0.717) is 0 Å². The van der Waals surface area contributed by atoms with Gasteiger partial charge in [-0.25, -0.2) is 9.97 Å². The van der Waals surface area contributed by atoms with Crippen LogP contribution in [0.1, 0.15) is 19.9 Å². The van der Waals surface area contributed by atoms with Gasteiger partial charge in [-0.15, -0.1) is 0 Å². The minimum Gasteiger partial charge on any atom is -0.487 e. The SMILES string of the molecule is [3H]C(=O)NC(C)c1ccc(OC2CN(c3ncccn3)C2)cc1. The number of amides is 1. The van der Waals surface area contributed by atoms with Crippen molar-refractivity contribution in [1.29, 1.82) is 0 Å². The summed E-state index contributed by atoms with van der Waals surface area (Å²) in [6, 6.07) is 9.15. The van der Waals surface area contributed by atoms with E-state index in [0.717, 1.165) is 30.4 Å². The molecule has 1 aromatic heterocycles. The fourth-order valence-corrected chi connectivity index (χ4v) is 2.33. The molecule has 1 fully saturated rings. The monoisotopic (exact) mass is 300 g/mol. The zero-order valence-corrected chi connectivity index (χ0v) is 12.3. The first-order valence-corrected chi connectivity index (χ1v) is 7.17. The molecule has 0 saturated carbocycles. The van der Waals surface area contributed by atoms with E-state index in [9.17, 15) is 4.79 Å². The van der Waals surface area contributed by atoms with Gasteiger partial charge in [0.05, 0.1) is 19.1 Å². The van der Waals surface area contributed by atoms with E-state index in [-0.39, 0.29) is 12.1 Å². The number of carbonyl (C=O) groups excluding carboxylic acids is 1. The highest BCUT2D eigenvalue weighted by atomic mass is 16.5. The zero-order valence-electron chi connectivity index (χ0n) is 13.3. The second-order valence-electron chi connectivity index (χ2n) is 5.23. The fraction of sp³-hybridized carbons (Fsp3) is 0.312. The summed E-state index contributed by atoms with van der Waals surface area (Å²) in [4.78, 5) is 21.2. The molecular weight excluding hydrogens is 280 g/mol. The first kappa shape index (κ1) is 13.1. The molecule has 0 aliphatic carbocycles. The summed E-state index contributed by atoms with van der Waals surface area (Å²) in [7, 11) is 0. The molecule has 1 unspecified atom stereocenters. The van der Waals surface area contributed by atoms with E-state index >= 15 is 0 Å². The third kappa shape index (κ3) is 3.16. The molecule has 0 radical (unpaired) electrons. The third-order valence-corrected chi connectivity index (χ3v) is 3.64. The molecular formula is C16H18N4O2. The summed E-state index contributed by atoms with van der Waals surface area (Å²) in [5, 5.41) is 2.53. The van der Waals surface area contributed by atoms with Crippen molar-refractivity contribution in [3.8, 4) is 5.75 Å². The fourth-order valence-electron chi connectivity index (χ4n) is 2.33. The first-order valence-electron chi connectivity index (χ1n) is 7.67. The van der Waals surface area contributed by atoms with Crippen molar-refractivity contribution >= 4 is 12.3 Å². The quantitative estimate of drug-likeness (QED) is 0.849. The van der Waals surface area contributed by atoms with Crippen molar-refractivity contribution in [2.45, 2.75) is 19.1 Å². The van der Waals surface area contributed by atoms with E-state index in [1.165, 1.54) is 0 Å². The summed E-state index contributed by atoms with van der Waals surface area (Å²) in [6.45, 7) is 3.36. The molecule has 22 heavy (non-hydrogen) atoms. The summed E-state index contributed by atoms with van der Waals surface area (Å²) < 4.78 is 12.8. The van der Waals surface area contributed by atoms with Crippen molar-refractivity contribution in [3.05, 3.63) is 48.3 Å². The second kappa shape index (κ2) is 6.43.